The Bertz CT molecular complexity index is 244. The van der Waals surface area contributed by atoms with Crippen molar-refractivity contribution in [1.29, 1.82) is 0 Å². The van der Waals surface area contributed by atoms with E-state index in [4.69, 9.17) is 0 Å². The number of nitrogens with zero attached hydrogens (tertiary/aromatic N) is 2. The van der Waals surface area contributed by atoms with E-state index in [0.29, 0.717) is 24.5 Å². The lowest BCUT2D eigenvalue weighted by Crippen LogP contribution is -2.64. The molecule has 0 saturated carbocycles. The van der Waals surface area contributed by atoms with Gasteiger partial charge in [-0.1, -0.05) is 6.92 Å². The molecule has 0 radical (unpaired) electrons. The SMILES string of the molecule is CCC(C)N1CC2CNCCN2CC1=O. The van der Waals surface area contributed by atoms with Crippen molar-refractivity contribution >= 4 is 5.91 Å². The second-order valence-corrected chi connectivity index (χ2v) is 4.63. The molecule has 0 aromatic rings. The van der Waals surface area contributed by atoms with Gasteiger partial charge < -0.3 is 10.2 Å². The van der Waals surface area contributed by atoms with Crippen LogP contribution < -0.4 is 5.32 Å². The molecule has 2 unspecified atom stereocenters. The Morgan fingerprint density at radius 3 is 3.13 bits per heavy atom. The van der Waals surface area contributed by atoms with Gasteiger partial charge in [0.05, 0.1) is 6.54 Å². The smallest absolute Gasteiger partial charge is 0.237 e. The van der Waals surface area contributed by atoms with Crippen LogP contribution in [0.3, 0.4) is 0 Å². The number of carbonyl (C=O) groups is 1. The normalized spacial score (nSPS) is 30.1. The third-order valence-corrected chi connectivity index (χ3v) is 3.66. The van der Waals surface area contributed by atoms with E-state index in [1.54, 1.807) is 0 Å². The van der Waals surface area contributed by atoms with Crippen LogP contribution in [-0.2, 0) is 4.79 Å². The standard InChI is InChI=1S/C11H21N3O/c1-3-9(2)14-7-10-6-12-4-5-13(10)8-11(14)15/h9-10,12H,3-8H2,1-2H3. The second kappa shape index (κ2) is 4.49. The van der Waals surface area contributed by atoms with Crippen molar-refractivity contribution in [2.75, 3.05) is 32.7 Å². The molecule has 0 bridgehead atoms. The van der Waals surface area contributed by atoms with E-state index >= 15 is 0 Å². The number of carbonyl (C=O) groups excluding carboxylic acids is 1. The van der Waals surface area contributed by atoms with Crippen LogP contribution in [0.1, 0.15) is 20.3 Å². The zero-order valence-electron chi connectivity index (χ0n) is 9.70. The van der Waals surface area contributed by atoms with E-state index in [2.05, 4.69) is 24.1 Å². The lowest BCUT2D eigenvalue weighted by molar-refractivity contribution is -0.141. The topological polar surface area (TPSA) is 35.6 Å². The Morgan fingerprint density at radius 2 is 2.40 bits per heavy atom. The Balaban J connectivity index is 2.01. The zero-order valence-corrected chi connectivity index (χ0v) is 9.70. The van der Waals surface area contributed by atoms with Gasteiger partial charge in [-0.05, 0) is 13.3 Å². The predicted octanol–water partition coefficient (Wildman–Crippen LogP) is -0.0991. The third kappa shape index (κ3) is 2.16. The molecule has 2 saturated heterocycles. The number of rotatable bonds is 2. The van der Waals surface area contributed by atoms with Crippen molar-refractivity contribution < 1.29 is 4.79 Å². The highest BCUT2D eigenvalue weighted by Crippen LogP contribution is 2.16. The van der Waals surface area contributed by atoms with Gasteiger partial charge in [-0.25, -0.2) is 0 Å². The number of fused-ring (bicyclic) bond motifs is 1. The van der Waals surface area contributed by atoms with E-state index in [-0.39, 0.29) is 0 Å². The first-order valence-electron chi connectivity index (χ1n) is 5.96. The summed E-state index contributed by atoms with van der Waals surface area (Å²) in [5, 5.41) is 3.40. The van der Waals surface area contributed by atoms with Crippen molar-refractivity contribution in [3.8, 4) is 0 Å². The number of piperazine rings is 2. The van der Waals surface area contributed by atoms with Crippen LogP contribution in [0.15, 0.2) is 0 Å². The average molecular weight is 211 g/mol. The number of nitrogens with one attached hydrogen (secondary N) is 1. The molecular formula is C11H21N3O. The molecule has 86 valence electrons. The highest BCUT2D eigenvalue weighted by Gasteiger charge is 2.34. The fraction of sp³-hybridized carbons (Fsp3) is 0.909. The van der Waals surface area contributed by atoms with Gasteiger partial charge in [0, 0.05) is 38.3 Å². The van der Waals surface area contributed by atoms with E-state index in [0.717, 1.165) is 32.6 Å². The maximum absolute atomic E-state index is 11.9. The summed E-state index contributed by atoms with van der Waals surface area (Å²) < 4.78 is 0. The lowest BCUT2D eigenvalue weighted by atomic mass is 10.1. The molecule has 0 aromatic carbocycles. The molecule has 4 nitrogen and oxygen atoms in total. The van der Waals surface area contributed by atoms with E-state index < -0.39 is 0 Å². The average Bonchev–Trinajstić information content (AvgIpc) is 2.27. The molecule has 1 N–H and O–H groups in total. The second-order valence-electron chi connectivity index (χ2n) is 4.63. The molecule has 15 heavy (non-hydrogen) atoms. The molecular weight excluding hydrogens is 190 g/mol. The maximum Gasteiger partial charge on any atom is 0.237 e. The van der Waals surface area contributed by atoms with Crippen molar-refractivity contribution in [3.05, 3.63) is 0 Å². The van der Waals surface area contributed by atoms with Crippen LogP contribution in [0.4, 0.5) is 0 Å². The van der Waals surface area contributed by atoms with Crippen molar-refractivity contribution in [2.24, 2.45) is 0 Å². The summed E-state index contributed by atoms with van der Waals surface area (Å²) in [7, 11) is 0. The highest BCUT2D eigenvalue weighted by atomic mass is 16.2. The summed E-state index contributed by atoms with van der Waals surface area (Å²) >= 11 is 0. The van der Waals surface area contributed by atoms with E-state index in [9.17, 15) is 4.79 Å². The molecule has 0 aromatic heterocycles. The first kappa shape index (κ1) is 10.9. The molecule has 0 aliphatic carbocycles. The van der Waals surface area contributed by atoms with Gasteiger partial charge in [0.1, 0.15) is 0 Å². The van der Waals surface area contributed by atoms with Crippen molar-refractivity contribution in [2.45, 2.75) is 32.4 Å². The maximum atomic E-state index is 11.9. The molecule has 0 spiro atoms. The minimum absolute atomic E-state index is 0.308. The van der Waals surface area contributed by atoms with Gasteiger partial charge in [-0.3, -0.25) is 9.69 Å². The molecule has 2 heterocycles. The van der Waals surface area contributed by atoms with E-state index in [1.807, 2.05) is 4.90 Å². The molecule has 4 heteroatoms. The quantitative estimate of drug-likeness (QED) is 0.693. The van der Waals surface area contributed by atoms with Gasteiger partial charge in [0.2, 0.25) is 5.91 Å². The van der Waals surface area contributed by atoms with Crippen molar-refractivity contribution in [3.63, 3.8) is 0 Å². The number of hydrogen-bond acceptors (Lipinski definition) is 3. The Morgan fingerprint density at radius 1 is 1.60 bits per heavy atom. The van der Waals surface area contributed by atoms with E-state index in [1.165, 1.54) is 0 Å². The summed E-state index contributed by atoms with van der Waals surface area (Å²) in [6, 6.07) is 0.923. The lowest BCUT2D eigenvalue weighted by Gasteiger charge is -2.45. The monoisotopic (exact) mass is 211 g/mol. The Hall–Kier alpha value is -0.610. The third-order valence-electron chi connectivity index (χ3n) is 3.66. The van der Waals surface area contributed by atoms with Gasteiger partial charge in [0.25, 0.3) is 0 Å². The minimum atomic E-state index is 0.308. The van der Waals surface area contributed by atoms with Gasteiger partial charge in [-0.15, -0.1) is 0 Å². The minimum Gasteiger partial charge on any atom is -0.337 e. The van der Waals surface area contributed by atoms with Crippen LogP contribution in [0.2, 0.25) is 0 Å². The van der Waals surface area contributed by atoms with Gasteiger partial charge >= 0.3 is 0 Å². The number of hydrogen-bond donors (Lipinski definition) is 1. The molecule has 2 aliphatic rings. The highest BCUT2D eigenvalue weighted by molar-refractivity contribution is 5.79. The fourth-order valence-corrected chi connectivity index (χ4v) is 2.43. The van der Waals surface area contributed by atoms with Crippen LogP contribution in [0.25, 0.3) is 0 Å². The van der Waals surface area contributed by atoms with Crippen LogP contribution in [0, 0.1) is 0 Å². The van der Waals surface area contributed by atoms with Gasteiger partial charge in [-0.2, -0.15) is 0 Å². The molecule has 2 rings (SSSR count). The summed E-state index contributed by atoms with van der Waals surface area (Å²) in [4.78, 5) is 16.3. The van der Waals surface area contributed by atoms with Crippen LogP contribution in [-0.4, -0.2) is 60.5 Å². The zero-order chi connectivity index (χ0) is 10.8. The molecule has 1 amide bonds. The van der Waals surface area contributed by atoms with Crippen molar-refractivity contribution in [1.82, 2.24) is 15.1 Å². The molecule has 2 fully saturated rings. The number of amides is 1. The summed E-state index contributed by atoms with van der Waals surface area (Å²) in [6.45, 7) is 8.88. The van der Waals surface area contributed by atoms with Crippen LogP contribution in [0.5, 0.6) is 0 Å². The first-order chi connectivity index (χ1) is 7.22. The van der Waals surface area contributed by atoms with Gasteiger partial charge in [0.15, 0.2) is 0 Å². The largest absolute Gasteiger partial charge is 0.337 e. The Labute approximate surface area is 91.6 Å². The van der Waals surface area contributed by atoms with Crippen LogP contribution >= 0.6 is 0 Å². The molecule has 2 atom stereocenters. The molecule has 2 aliphatic heterocycles. The summed E-state index contributed by atoms with van der Waals surface area (Å²) in [5.41, 5.74) is 0. The summed E-state index contributed by atoms with van der Waals surface area (Å²) in [6.07, 6.45) is 1.05. The summed E-state index contributed by atoms with van der Waals surface area (Å²) in [5.74, 6) is 0.308. The Kier molecular flexibility index (Phi) is 3.26. The predicted molar refractivity (Wildman–Crippen MR) is 59.7 cm³/mol. The first-order valence-corrected chi connectivity index (χ1v) is 5.96. The fourth-order valence-electron chi connectivity index (χ4n) is 2.43.